The van der Waals surface area contributed by atoms with Gasteiger partial charge in [-0.1, -0.05) is 67.1 Å². The molecule has 0 spiro atoms. The predicted octanol–water partition coefficient (Wildman–Crippen LogP) is 4.23. The number of benzene rings is 2. The smallest absolute Gasteiger partial charge is 0.265 e. The molecule has 0 radical (unpaired) electrons. The minimum absolute atomic E-state index is 0.0546. The molecule has 0 saturated heterocycles. The van der Waals surface area contributed by atoms with Crippen molar-refractivity contribution in [3.8, 4) is 0 Å². The number of anilines is 1. The average Bonchev–Trinajstić information content (AvgIpc) is 3.19. The lowest BCUT2D eigenvalue weighted by atomic mass is 10.2. The summed E-state index contributed by atoms with van der Waals surface area (Å²) < 4.78 is 0. The van der Waals surface area contributed by atoms with Crippen molar-refractivity contribution in [3.63, 3.8) is 0 Å². The first-order valence-electron chi connectivity index (χ1n) is 9.35. The molecule has 0 unspecified atom stereocenters. The zero-order valence-corrected chi connectivity index (χ0v) is 15.9. The first-order chi connectivity index (χ1) is 13.2. The number of thioether (sulfide) groups is 1. The number of hydrogen-bond donors (Lipinski definition) is 1. The summed E-state index contributed by atoms with van der Waals surface area (Å²) in [5.74, 6) is -0.208. The van der Waals surface area contributed by atoms with Crippen LogP contribution in [0.5, 0.6) is 0 Å². The summed E-state index contributed by atoms with van der Waals surface area (Å²) in [7, 11) is 0. The van der Waals surface area contributed by atoms with Crippen LogP contribution in [0.3, 0.4) is 0 Å². The summed E-state index contributed by atoms with van der Waals surface area (Å²) in [6.45, 7) is 0.0546. The van der Waals surface area contributed by atoms with Crippen LogP contribution in [0.15, 0.2) is 64.4 Å². The van der Waals surface area contributed by atoms with Crippen molar-refractivity contribution in [2.45, 2.75) is 36.6 Å². The molecule has 4 nitrogen and oxygen atoms in total. The molecule has 2 aliphatic rings. The summed E-state index contributed by atoms with van der Waals surface area (Å²) in [4.78, 5) is 28.9. The quantitative estimate of drug-likeness (QED) is 0.810. The van der Waals surface area contributed by atoms with Crippen molar-refractivity contribution < 1.29 is 9.59 Å². The standard InChI is InChI=1S/C22H22N2O2S/c25-21(23-17-10-4-5-11-17)15-24-18-12-6-7-13-19(18)27-20(22(24)26)14-16-8-2-1-3-9-16/h1-3,6-9,12-14,17H,4-5,10-11,15H2,(H,23,25)/b20-14-. The Morgan fingerprint density at radius 1 is 1.07 bits per heavy atom. The Bertz CT molecular complexity index is 873. The van der Waals surface area contributed by atoms with Crippen molar-refractivity contribution in [3.05, 3.63) is 65.1 Å². The van der Waals surface area contributed by atoms with E-state index in [9.17, 15) is 9.59 Å². The number of nitrogens with zero attached hydrogens (tertiary/aromatic N) is 1. The molecule has 1 saturated carbocycles. The SMILES string of the molecule is O=C(CN1C(=O)/C(=C/c2ccccc2)Sc2ccccc21)NC1CCCC1. The summed E-state index contributed by atoms with van der Waals surface area (Å²) in [5, 5.41) is 3.08. The Hall–Kier alpha value is -2.53. The third-order valence-corrected chi connectivity index (χ3v) is 6.03. The Morgan fingerprint density at radius 3 is 2.56 bits per heavy atom. The van der Waals surface area contributed by atoms with Gasteiger partial charge in [0.25, 0.3) is 5.91 Å². The second kappa shape index (κ2) is 8.01. The Labute approximate surface area is 163 Å². The van der Waals surface area contributed by atoms with E-state index in [1.807, 2.05) is 60.7 Å². The van der Waals surface area contributed by atoms with E-state index in [1.54, 1.807) is 4.90 Å². The lowest BCUT2D eigenvalue weighted by molar-refractivity contribution is -0.122. The maximum absolute atomic E-state index is 13.1. The molecule has 0 atom stereocenters. The lowest BCUT2D eigenvalue weighted by Crippen LogP contribution is -2.45. The van der Waals surface area contributed by atoms with Crippen LogP contribution in [-0.2, 0) is 9.59 Å². The molecule has 138 valence electrons. The van der Waals surface area contributed by atoms with Crippen LogP contribution in [0.1, 0.15) is 31.2 Å². The van der Waals surface area contributed by atoms with E-state index in [2.05, 4.69) is 5.32 Å². The molecule has 27 heavy (non-hydrogen) atoms. The molecule has 5 heteroatoms. The maximum atomic E-state index is 13.1. The van der Waals surface area contributed by atoms with Crippen LogP contribution in [0.4, 0.5) is 5.69 Å². The van der Waals surface area contributed by atoms with E-state index >= 15 is 0 Å². The first kappa shape index (κ1) is 17.9. The highest BCUT2D eigenvalue weighted by Crippen LogP contribution is 2.41. The second-order valence-electron chi connectivity index (χ2n) is 6.93. The highest BCUT2D eigenvalue weighted by Gasteiger charge is 2.31. The van der Waals surface area contributed by atoms with Gasteiger partial charge >= 0.3 is 0 Å². The van der Waals surface area contributed by atoms with E-state index in [1.165, 1.54) is 11.8 Å². The summed E-state index contributed by atoms with van der Waals surface area (Å²) in [6, 6.07) is 17.8. The number of fused-ring (bicyclic) bond motifs is 1. The van der Waals surface area contributed by atoms with E-state index in [0.717, 1.165) is 41.8 Å². The second-order valence-corrected chi connectivity index (χ2v) is 8.01. The molecule has 2 aromatic carbocycles. The van der Waals surface area contributed by atoms with Crippen LogP contribution in [0.25, 0.3) is 6.08 Å². The minimum atomic E-state index is -0.121. The molecule has 1 N–H and O–H groups in total. The van der Waals surface area contributed by atoms with Crippen molar-refractivity contribution in [2.75, 3.05) is 11.4 Å². The van der Waals surface area contributed by atoms with Gasteiger partial charge in [-0.05, 0) is 36.6 Å². The van der Waals surface area contributed by atoms with Crippen LogP contribution >= 0.6 is 11.8 Å². The Balaban J connectivity index is 1.59. The van der Waals surface area contributed by atoms with E-state index in [0.29, 0.717) is 4.91 Å². The first-order valence-corrected chi connectivity index (χ1v) is 10.2. The van der Waals surface area contributed by atoms with Gasteiger partial charge in [-0.15, -0.1) is 0 Å². The number of hydrogen-bond acceptors (Lipinski definition) is 3. The lowest BCUT2D eigenvalue weighted by Gasteiger charge is -2.30. The van der Waals surface area contributed by atoms with Gasteiger partial charge in [-0.25, -0.2) is 0 Å². The van der Waals surface area contributed by atoms with Gasteiger partial charge in [0.1, 0.15) is 6.54 Å². The summed E-state index contributed by atoms with van der Waals surface area (Å²) in [6.07, 6.45) is 6.29. The van der Waals surface area contributed by atoms with Gasteiger partial charge < -0.3 is 5.32 Å². The Morgan fingerprint density at radius 2 is 1.78 bits per heavy atom. The van der Waals surface area contributed by atoms with Crippen molar-refractivity contribution >= 4 is 35.3 Å². The molecular weight excluding hydrogens is 356 g/mol. The zero-order valence-electron chi connectivity index (χ0n) is 15.1. The maximum Gasteiger partial charge on any atom is 0.265 e. The fraction of sp³-hybridized carbons (Fsp3) is 0.273. The number of carbonyl (C=O) groups is 2. The summed E-state index contributed by atoms with van der Waals surface area (Å²) >= 11 is 1.46. The largest absolute Gasteiger partial charge is 0.352 e. The van der Waals surface area contributed by atoms with E-state index in [-0.39, 0.29) is 24.4 Å². The fourth-order valence-corrected chi connectivity index (χ4v) is 4.67. The van der Waals surface area contributed by atoms with Crippen molar-refractivity contribution in [1.29, 1.82) is 0 Å². The molecular formula is C22H22N2O2S. The number of rotatable bonds is 4. The number of amides is 2. The van der Waals surface area contributed by atoms with Crippen LogP contribution < -0.4 is 10.2 Å². The van der Waals surface area contributed by atoms with Crippen LogP contribution in [-0.4, -0.2) is 24.4 Å². The zero-order chi connectivity index (χ0) is 18.6. The van der Waals surface area contributed by atoms with E-state index in [4.69, 9.17) is 0 Å². The summed E-state index contributed by atoms with van der Waals surface area (Å²) in [5.41, 5.74) is 1.78. The average molecular weight is 378 g/mol. The molecule has 1 aliphatic heterocycles. The van der Waals surface area contributed by atoms with Crippen molar-refractivity contribution in [2.24, 2.45) is 0 Å². The molecule has 1 heterocycles. The Kier molecular flexibility index (Phi) is 5.30. The molecule has 0 bridgehead atoms. The molecule has 1 aliphatic carbocycles. The van der Waals surface area contributed by atoms with E-state index < -0.39 is 0 Å². The van der Waals surface area contributed by atoms with Gasteiger partial charge in [-0.3, -0.25) is 14.5 Å². The third-order valence-electron chi connectivity index (χ3n) is 4.95. The predicted molar refractivity (Wildman–Crippen MR) is 109 cm³/mol. The third kappa shape index (κ3) is 4.08. The molecule has 4 rings (SSSR count). The molecule has 0 aromatic heterocycles. The van der Waals surface area contributed by atoms with Gasteiger partial charge in [0.2, 0.25) is 5.91 Å². The van der Waals surface area contributed by atoms with Gasteiger partial charge in [-0.2, -0.15) is 0 Å². The minimum Gasteiger partial charge on any atom is -0.352 e. The fourth-order valence-electron chi connectivity index (χ4n) is 3.61. The normalized spacial score (nSPS) is 18.6. The number of para-hydroxylation sites is 1. The number of carbonyl (C=O) groups excluding carboxylic acids is 2. The van der Waals surface area contributed by atoms with Gasteiger partial charge in [0.15, 0.2) is 0 Å². The highest BCUT2D eigenvalue weighted by atomic mass is 32.2. The van der Waals surface area contributed by atoms with Gasteiger partial charge in [0, 0.05) is 10.9 Å². The van der Waals surface area contributed by atoms with Gasteiger partial charge in [0.05, 0.1) is 10.6 Å². The van der Waals surface area contributed by atoms with Crippen LogP contribution in [0.2, 0.25) is 0 Å². The highest BCUT2D eigenvalue weighted by molar-refractivity contribution is 8.04. The topological polar surface area (TPSA) is 49.4 Å². The molecule has 2 aromatic rings. The molecule has 2 amide bonds. The number of nitrogens with one attached hydrogen (secondary N) is 1. The van der Waals surface area contributed by atoms with Crippen molar-refractivity contribution in [1.82, 2.24) is 5.32 Å². The monoisotopic (exact) mass is 378 g/mol. The van der Waals surface area contributed by atoms with Crippen LogP contribution in [0, 0.1) is 0 Å². The molecule has 1 fully saturated rings.